The van der Waals surface area contributed by atoms with Gasteiger partial charge in [0.2, 0.25) is 0 Å². The van der Waals surface area contributed by atoms with Gasteiger partial charge < -0.3 is 10.4 Å². The van der Waals surface area contributed by atoms with Gasteiger partial charge in [-0.1, -0.05) is 13.0 Å². The molecule has 1 aromatic heterocycles. The van der Waals surface area contributed by atoms with Crippen molar-refractivity contribution in [2.75, 3.05) is 6.61 Å². The molecule has 3 nitrogen and oxygen atoms in total. The molecular formula is C15H24N2O. The smallest absolute Gasteiger partial charge is 0.0613 e. The number of aliphatic hydroxyl groups excluding tert-OH is 1. The van der Waals surface area contributed by atoms with E-state index in [0.29, 0.717) is 0 Å². The van der Waals surface area contributed by atoms with Crippen LogP contribution in [0.3, 0.4) is 0 Å². The first kappa shape index (κ1) is 13.5. The lowest BCUT2D eigenvalue weighted by Gasteiger charge is -2.39. The number of hydrogen-bond donors (Lipinski definition) is 2. The van der Waals surface area contributed by atoms with Gasteiger partial charge >= 0.3 is 0 Å². The van der Waals surface area contributed by atoms with Crippen LogP contribution < -0.4 is 5.32 Å². The number of nitrogens with zero attached hydrogens (tertiary/aromatic N) is 1. The molecule has 1 fully saturated rings. The molecule has 1 aliphatic carbocycles. The fraction of sp³-hybridized carbons (Fsp3) is 0.667. The highest BCUT2D eigenvalue weighted by atomic mass is 16.3. The Bertz CT molecular complexity index is 384. The van der Waals surface area contributed by atoms with E-state index in [1.165, 1.54) is 24.0 Å². The molecule has 0 spiro atoms. The van der Waals surface area contributed by atoms with Gasteiger partial charge in [-0.2, -0.15) is 0 Å². The number of aryl methyl sites for hydroxylation is 1. The van der Waals surface area contributed by atoms with Crippen molar-refractivity contribution >= 4 is 0 Å². The quantitative estimate of drug-likeness (QED) is 0.860. The summed E-state index contributed by atoms with van der Waals surface area (Å²) >= 11 is 0. The van der Waals surface area contributed by atoms with Gasteiger partial charge in [0.15, 0.2) is 0 Å². The molecule has 0 bridgehead atoms. The Balaban J connectivity index is 1.95. The monoisotopic (exact) mass is 248 g/mol. The van der Waals surface area contributed by atoms with Crippen LogP contribution in [0.5, 0.6) is 0 Å². The third-order valence-electron chi connectivity index (χ3n) is 4.13. The summed E-state index contributed by atoms with van der Waals surface area (Å²) in [6.07, 6.45) is 8.33. The maximum Gasteiger partial charge on any atom is 0.0613 e. The van der Waals surface area contributed by atoms with Crippen LogP contribution in [-0.4, -0.2) is 22.2 Å². The number of rotatable bonds is 4. The van der Waals surface area contributed by atoms with Crippen molar-refractivity contribution in [1.82, 2.24) is 10.3 Å². The zero-order valence-electron chi connectivity index (χ0n) is 11.4. The molecule has 0 radical (unpaired) electrons. The van der Waals surface area contributed by atoms with Crippen LogP contribution in [0.2, 0.25) is 0 Å². The lowest BCUT2D eigenvalue weighted by atomic mass is 9.77. The molecule has 0 amide bonds. The Hall–Kier alpha value is -0.930. The van der Waals surface area contributed by atoms with Gasteiger partial charge in [0.1, 0.15) is 0 Å². The molecule has 1 heterocycles. The van der Waals surface area contributed by atoms with Gasteiger partial charge in [0.25, 0.3) is 0 Å². The highest BCUT2D eigenvalue weighted by molar-refractivity contribution is 5.16. The summed E-state index contributed by atoms with van der Waals surface area (Å²) < 4.78 is 0. The molecule has 1 aromatic rings. The van der Waals surface area contributed by atoms with E-state index in [4.69, 9.17) is 0 Å². The normalized spacial score (nSPS) is 28.3. The average Bonchev–Trinajstić information content (AvgIpc) is 2.39. The third-order valence-corrected chi connectivity index (χ3v) is 4.13. The Labute approximate surface area is 110 Å². The number of nitrogens with one attached hydrogen (secondary N) is 1. The van der Waals surface area contributed by atoms with E-state index in [1.54, 1.807) is 0 Å². The van der Waals surface area contributed by atoms with Gasteiger partial charge in [-0.05, 0) is 49.7 Å². The Morgan fingerprint density at radius 3 is 2.72 bits per heavy atom. The Morgan fingerprint density at radius 1 is 1.39 bits per heavy atom. The van der Waals surface area contributed by atoms with Crippen LogP contribution >= 0.6 is 0 Å². The summed E-state index contributed by atoms with van der Waals surface area (Å²) in [5.74, 6) is 0.798. The van der Waals surface area contributed by atoms with Crippen molar-refractivity contribution in [2.45, 2.75) is 51.6 Å². The van der Waals surface area contributed by atoms with E-state index in [0.717, 1.165) is 25.3 Å². The van der Waals surface area contributed by atoms with Crippen LogP contribution in [0, 0.1) is 12.8 Å². The topological polar surface area (TPSA) is 45.2 Å². The summed E-state index contributed by atoms with van der Waals surface area (Å²) in [5.41, 5.74) is 2.31. The van der Waals surface area contributed by atoms with Gasteiger partial charge in [-0.25, -0.2) is 0 Å². The maximum atomic E-state index is 9.68. The highest BCUT2D eigenvalue weighted by Crippen LogP contribution is 2.31. The van der Waals surface area contributed by atoms with Crippen LogP contribution in [0.1, 0.15) is 43.7 Å². The number of hydrogen-bond acceptors (Lipinski definition) is 3. The molecule has 2 rings (SSSR count). The first-order chi connectivity index (χ1) is 8.63. The molecule has 1 saturated carbocycles. The van der Waals surface area contributed by atoms with Crippen LogP contribution in [0.15, 0.2) is 18.5 Å². The maximum absolute atomic E-state index is 9.68. The van der Waals surface area contributed by atoms with Crippen molar-refractivity contribution in [3.8, 4) is 0 Å². The second-order valence-electron chi connectivity index (χ2n) is 5.85. The van der Waals surface area contributed by atoms with E-state index in [-0.39, 0.29) is 12.1 Å². The van der Waals surface area contributed by atoms with Gasteiger partial charge in [-0.3, -0.25) is 4.98 Å². The summed E-state index contributed by atoms with van der Waals surface area (Å²) in [6.45, 7) is 5.38. The van der Waals surface area contributed by atoms with Crippen molar-refractivity contribution in [3.63, 3.8) is 0 Å². The van der Waals surface area contributed by atoms with Gasteiger partial charge in [0, 0.05) is 24.5 Å². The fourth-order valence-corrected chi connectivity index (χ4v) is 2.71. The van der Waals surface area contributed by atoms with E-state index in [9.17, 15) is 5.11 Å². The first-order valence-corrected chi connectivity index (χ1v) is 6.90. The predicted molar refractivity (Wildman–Crippen MR) is 73.3 cm³/mol. The summed E-state index contributed by atoms with van der Waals surface area (Å²) in [6, 6.07) is 2.15. The van der Waals surface area contributed by atoms with Crippen molar-refractivity contribution < 1.29 is 5.11 Å². The summed E-state index contributed by atoms with van der Waals surface area (Å²) in [7, 11) is 0. The van der Waals surface area contributed by atoms with Crippen molar-refractivity contribution in [1.29, 1.82) is 0 Å². The summed E-state index contributed by atoms with van der Waals surface area (Å²) in [4.78, 5) is 4.21. The zero-order chi connectivity index (χ0) is 13.0. The fourth-order valence-electron chi connectivity index (χ4n) is 2.71. The van der Waals surface area contributed by atoms with E-state index in [2.05, 4.69) is 30.2 Å². The molecule has 1 aliphatic rings. The zero-order valence-corrected chi connectivity index (χ0v) is 11.4. The molecule has 0 aromatic carbocycles. The lowest BCUT2D eigenvalue weighted by molar-refractivity contribution is 0.104. The van der Waals surface area contributed by atoms with Crippen LogP contribution in [0.4, 0.5) is 0 Å². The minimum atomic E-state index is -0.0732. The predicted octanol–water partition coefficient (Wildman–Crippen LogP) is 2.42. The molecule has 3 heteroatoms. The molecule has 0 unspecified atom stereocenters. The average molecular weight is 248 g/mol. The van der Waals surface area contributed by atoms with E-state index in [1.807, 2.05) is 12.4 Å². The minimum Gasteiger partial charge on any atom is -0.394 e. The molecule has 18 heavy (non-hydrogen) atoms. The van der Waals surface area contributed by atoms with Crippen LogP contribution in [0.25, 0.3) is 0 Å². The number of pyridine rings is 1. The molecule has 2 N–H and O–H groups in total. The van der Waals surface area contributed by atoms with Gasteiger partial charge in [-0.15, -0.1) is 0 Å². The third kappa shape index (κ3) is 3.30. The lowest BCUT2D eigenvalue weighted by Crippen LogP contribution is -2.50. The van der Waals surface area contributed by atoms with E-state index < -0.39 is 0 Å². The van der Waals surface area contributed by atoms with Crippen molar-refractivity contribution in [3.05, 3.63) is 29.6 Å². The Morgan fingerprint density at radius 2 is 2.11 bits per heavy atom. The largest absolute Gasteiger partial charge is 0.394 e. The van der Waals surface area contributed by atoms with Gasteiger partial charge in [0.05, 0.1) is 6.61 Å². The molecule has 100 valence electrons. The van der Waals surface area contributed by atoms with Crippen LogP contribution in [-0.2, 0) is 6.54 Å². The minimum absolute atomic E-state index is 0.0732. The molecule has 0 saturated heterocycles. The van der Waals surface area contributed by atoms with Crippen molar-refractivity contribution in [2.24, 2.45) is 5.92 Å². The Kier molecular flexibility index (Phi) is 4.36. The number of aliphatic hydroxyl groups is 1. The standard InChI is InChI=1S/C15H24N2O/c1-12-3-5-15(11-18,6-4-12)17-10-14-7-13(2)8-16-9-14/h7-9,12,17-18H,3-6,10-11H2,1-2H3. The second kappa shape index (κ2) is 5.81. The van der Waals surface area contributed by atoms with E-state index >= 15 is 0 Å². The molecular weight excluding hydrogens is 224 g/mol. The SMILES string of the molecule is Cc1cncc(CNC2(CO)CCC(C)CC2)c1. The first-order valence-electron chi connectivity index (χ1n) is 6.90. The summed E-state index contributed by atoms with van der Waals surface area (Å²) in [5, 5.41) is 13.2. The highest BCUT2D eigenvalue weighted by Gasteiger charge is 2.32. The molecule has 0 aliphatic heterocycles. The second-order valence-corrected chi connectivity index (χ2v) is 5.85. The molecule has 0 atom stereocenters. The number of aromatic nitrogens is 1.